The minimum atomic E-state index is -0.402. The molecule has 0 saturated heterocycles. The van der Waals surface area contributed by atoms with Gasteiger partial charge in [-0.3, -0.25) is 0 Å². The van der Waals surface area contributed by atoms with E-state index in [1.807, 2.05) is 0 Å². The van der Waals surface area contributed by atoms with Crippen LogP contribution in [0.2, 0.25) is 0 Å². The summed E-state index contributed by atoms with van der Waals surface area (Å²) in [7, 11) is 0. The Labute approximate surface area is 163 Å². The Kier molecular flexibility index (Phi) is 5.27. The van der Waals surface area contributed by atoms with Crippen LogP contribution in [0.5, 0.6) is 0 Å². The van der Waals surface area contributed by atoms with Crippen molar-refractivity contribution in [3.63, 3.8) is 0 Å². The molecule has 2 amide bonds. The highest BCUT2D eigenvalue weighted by atomic mass is 16.5. The monoisotopic (exact) mass is 384 g/mol. The summed E-state index contributed by atoms with van der Waals surface area (Å²) in [6.07, 6.45) is 6.30. The molecule has 8 heteroatoms. The van der Waals surface area contributed by atoms with Gasteiger partial charge in [-0.25, -0.2) is 9.59 Å². The van der Waals surface area contributed by atoms with Crippen LogP contribution in [-0.4, -0.2) is 28.2 Å². The molecule has 0 bridgehead atoms. The van der Waals surface area contributed by atoms with E-state index in [1.54, 1.807) is 31.2 Å². The van der Waals surface area contributed by atoms with E-state index in [-0.39, 0.29) is 18.1 Å². The van der Waals surface area contributed by atoms with Crippen molar-refractivity contribution in [1.82, 2.24) is 15.5 Å². The van der Waals surface area contributed by atoms with Gasteiger partial charge in [-0.15, -0.1) is 0 Å². The number of amides is 2. The Morgan fingerprint density at radius 1 is 1.14 bits per heavy atom. The maximum absolute atomic E-state index is 12.2. The molecule has 1 atom stereocenters. The first-order valence-electron chi connectivity index (χ1n) is 9.80. The number of nitrogens with zero attached hydrogens (tertiary/aromatic N) is 2. The van der Waals surface area contributed by atoms with Crippen molar-refractivity contribution in [2.45, 2.75) is 63.5 Å². The molecule has 1 aromatic carbocycles. The molecule has 28 heavy (non-hydrogen) atoms. The molecule has 0 radical (unpaired) electrons. The minimum absolute atomic E-state index is 0.0303. The van der Waals surface area contributed by atoms with Crippen LogP contribution in [0.15, 0.2) is 28.8 Å². The summed E-state index contributed by atoms with van der Waals surface area (Å²) in [6, 6.07) is 5.85. The molecular formula is C20H24N4O4. The summed E-state index contributed by atoms with van der Waals surface area (Å²) < 4.78 is 10.7. The molecule has 0 spiro atoms. The van der Waals surface area contributed by atoms with Gasteiger partial charge in [0, 0.05) is 11.6 Å². The van der Waals surface area contributed by atoms with Gasteiger partial charge in [-0.05, 0) is 69.7 Å². The predicted octanol–water partition coefficient (Wildman–Crippen LogP) is 3.93. The molecule has 1 heterocycles. The number of ether oxygens (including phenoxy) is 1. The third-order valence-corrected chi connectivity index (χ3v) is 5.07. The van der Waals surface area contributed by atoms with Crippen molar-refractivity contribution in [2.24, 2.45) is 0 Å². The zero-order valence-corrected chi connectivity index (χ0v) is 15.8. The number of anilines is 1. The van der Waals surface area contributed by atoms with Gasteiger partial charge in [0.15, 0.2) is 5.82 Å². The molecule has 2 aliphatic rings. The molecule has 2 N–H and O–H groups in total. The van der Waals surface area contributed by atoms with E-state index in [0.717, 1.165) is 38.5 Å². The Morgan fingerprint density at radius 3 is 2.54 bits per heavy atom. The number of urea groups is 1. The maximum Gasteiger partial charge on any atom is 0.338 e. The second-order valence-corrected chi connectivity index (χ2v) is 7.47. The van der Waals surface area contributed by atoms with Crippen LogP contribution in [0.1, 0.15) is 79.5 Å². The standard InChI is InChI=1S/C20H24N4O4/c1-12(18-23-17(24-28-18)13-6-7-13)21-20(26)22-15-10-8-14(9-11-15)19(25)27-16-4-2-3-5-16/h8-13,16H,2-7H2,1H3,(H2,21,22,26)/t12-/m0/s1. The highest BCUT2D eigenvalue weighted by Crippen LogP contribution is 2.38. The third-order valence-electron chi connectivity index (χ3n) is 5.07. The second kappa shape index (κ2) is 8.00. The molecular weight excluding hydrogens is 360 g/mol. The third kappa shape index (κ3) is 4.49. The zero-order chi connectivity index (χ0) is 19.5. The van der Waals surface area contributed by atoms with E-state index in [1.165, 1.54) is 0 Å². The van der Waals surface area contributed by atoms with Crippen LogP contribution < -0.4 is 10.6 Å². The highest BCUT2D eigenvalue weighted by molar-refractivity contribution is 5.92. The summed E-state index contributed by atoms with van der Waals surface area (Å²) in [5.41, 5.74) is 1.05. The number of esters is 1. The van der Waals surface area contributed by atoms with Crippen molar-refractivity contribution >= 4 is 17.7 Å². The summed E-state index contributed by atoms with van der Waals surface area (Å²) in [5.74, 6) is 1.18. The molecule has 0 aliphatic heterocycles. The number of carbonyl (C=O) groups is 2. The van der Waals surface area contributed by atoms with Crippen molar-refractivity contribution in [3.8, 4) is 0 Å². The van der Waals surface area contributed by atoms with Crippen molar-refractivity contribution < 1.29 is 18.8 Å². The van der Waals surface area contributed by atoms with Crippen molar-refractivity contribution in [3.05, 3.63) is 41.5 Å². The van der Waals surface area contributed by atoms with Gasteiger partial charge in [0.25, 0.3) is 0 Å². The minimum Gasteiger partial charge on any atom is -0.459 e. The van der Waals surface area contributed by atoms with Crippen LogP contribution in [0.25, 0.3) is 0 Å². The molecule has 2 aromatic rings. The number of hydrogen-bond acceptors (Lipinski definition) is 6. The van der Waals surface area contributed by atoms with E-state index < -0.39 is 6.04 Å². The maximum atomic E-state index is 12.2. The summed E-state index contributed by atoms with van der Waals surface area (Å²) >= 11 is 0. The van der Waals surface area contributed by atoms with Crippen molar-refractivity contribution in [2.75, 3.05) is 5.32 Å². The normalized spacial score (nSPS) is 17.9. The average Bonchev–Trinajstić information content (AvgIpc) is 3.18. The average molecular weight is 384 g/mol. The van der Waals surface area contributed by atoms with Crippen LogP contribution >= 0.6 is 0 Å². The molecule has 148 valence electrons. The van der Waals surface area contributed by atoms with Gasteiger partial charge in [-0.1, -0.05) is 5.16 Å². The Hall–Kier alpha value is -2.90. The number of rotatable bonds is 6. The Bertz CT molecular complexity index is 838. The van der Waals surface area contributed by atoms with E-state index in [4.69, 9.17) is 9.26 Å². The molecule has 1 aromatic heterocycles. The fourth-order valence-electron chi connectivity index (χ4n) is 3.27. The quantitative estimate of drug-likeness (QED) is 0.731. The predicted molar refractivity (Wildman–Crippen MR) is 101 cm³/mol. The number of nitrogens with one attached hydrogen (secondary N) is 2. The van der Waals surface area contributed by atoms with Crippen LogP contribution in [0, 0.1) is 0 Å². The summed E-state index contributed by atoms with van der Waals surface area (Å²) in [5, 5.41) is 9.45. The first-order valence-corrected chi connectivity index (χ1v) is 9.80. The van der Waals surface area contributed by atoms with Crippen LogP contribution in [0.4, 0.5) is 10.5 Å². The first-order chi connectivity index (χ1) is 13.6. The first kappa shape index (κ1) is 18.5. The van der Waals surface area contributed by atoms with Gasteiger partial charge < -0.3 is 19.9 Å². The summed E-state index contributed by atoms with van der Waals surface area (Å²) in [4.78, 5) is 28.7. The van der Waals surface area contributed by atoms with Gasteiger partial charge in [-0.2, -0.15) is 4.98 Å². The topological polar surface area (TPSA) is 106 Å². The lowest BCUT2D eigenvalue weighted by Gasteiger charge is -2.13. The van der Waals surface area contributed by atoms with Gasteiger partial charge in [0.05, 0.1) is 5.56 Å². The lowest BCUT2D eigenvalue weighted by atomic mass is 10.2. The number of benzene rings is 1. The molecule has 4 rings (SSSR count). The van der Waals surface area contributed by atoms with E-state index in [2.05, 4.69) is 20.8 Å². The Morgan fingerprint density at radius 2 is 1.86 bits per heavy atom. The second-order valence-electron chi connectivity index (χ2n) is 7.47. The Balaban J connectivity index is 1.28. The molecule has 2 fully saturated rings. The van der Waals surface area contributed by atoms with E-state index >= 15 is 0 Å². The van der Waals surface area contributed by atoms with Crippen LogP contribution in [0.3, 0.4) is 0 Å². The number of aromatic nitrogens is 2. The SMILES string of the molecule is C[C@H](NC(=O)Nc1ccc(C(=O)OC2CCCC2)cc1)c1nc(C2CC2)no1. The van der Waals surface area contributed by atoms with Gasteiger partial charge in [0.2, 0.25) is 5.89 Å². The highest BCUT2D eigenvalue weighted by Gasteiger charge is 2.29. The fraction of sp³-hybridized carbons (Fsp3) is 0.500. The molecule has 2 saturated carbocycles. The van der Waals surface area contributed by atoms with Gasteiger partial charge in [0.1, 0.15) is 12.1 Å². The molecule has 2 aliphatic carbocycles. The number of hydrogen-bond donors (Lipinski definition) is 2. The van der Waals surface area contributed by atoms with Gasteiger partial charge >= 0.3 is 12.0 Å². The largest absolute Gasteiger partial charge is 0.459 e. The lowest BCUT2D eigenvalue weighted by molar-refractivity contribution is 0.0318. The smallest absolute Gasteiger partial charge is 0.338 e. The van der Waals surface area contributed by atoms with E-state index in [9.17, 15) is 9.59 Å². The van der Waals surface area contributed by atoms with E-state index in [0.29, 0.717) is 28.9 Å². The zero-order valence-electron chi connectivity index (χ0n) is 15.8. The van der Waals surface area contributed by atoms with Crippen LogP contribution in [-0.2, 0) is 4.74 Å². The molecule has 0 unspecified atom stereocenters. The van der Waals surface area contributed by atoms with Crippen molar-refractivity contribution in [1.29, 1.82) is 0 Å². The lowest BCUT2D eigenvalue weighted by Crippen LogP contribution is -2.31. The molecule has 8 nitrogen and oxygen atoms in total. The summed E-state index contributed by atoms with van der Waals surface area (Å²) in [6.45, 7) is 1.78. The fourth-order valence-corrected chi connectivity index (χ4v) is 3.27. The number of carbonyl (C=O) groups excluding carboxylic acids is 2.